The van der Waals surface area contributed by atoms with Crippen LogP contribution in [0.2, 0.25) is 0 Å². The topological polar surface area (TPSA) is 77.3 Å². The molecule has 0 aliphatic carbocycles. The lowest BCUT2D eigenvalue weighted by molar-refractivity contribution is -0.384. The van der Waals surface area contributed by atoms with Gasteiger partial charge >= 0.3 is 0 Å². The van der Waals surface area contributed by atoms with Gasteiger partial charge in [0.2, 0.25) is 9.84 Å². The number of nitro benzene ring substituents is 1. The van der Waals surface area contributed by atoms with Crippen LogP contribution in [0.4, 0.5) is 5.69 Å². The Hall–Kier alpha value is -1.39. The predicted molar refractivity (Wildman–Crippen MR) is 62.5 cm³/mol. The van der Waals surface area contributed by atoms with Gasteiger partial charge in [-0.05, 0) is 12.0 Å². The van der Waals surface area contributed by atoms with Crippen molar-refractivity contribution in [1.82, 2.24) is 0 Å². The first-order valence-corrected chi connectivity index (χ1v) is 6.64. The summed E-state index contributed by atoms with van der Waals surface area (Å²) in [5.41, 5.74) is 0.124. The van der Waals surface area contributed by atoms with Gasteiger partial charge in [-0.1, -0.05) is 15.9 Å². The number of halogens is 1. The molecule has 7 heteroatoms. The molecule has 0 heterocycles. The third-order valence-corrected chi connectivity index (χ3v) is 2.40. The quantitative estimate of drug-likeness (QED) is 0.449. The lowest BCUT2D eigenvalue weighted by atomic mass is 10.2. The van der Waals surface area contributed by atoms with Crippen LogP contribution < -0.4 is 0 Å². The van der Waals surface area contributed by atoms with Gasteiger partial charge in [-0.2, -0.15) is 0 Å². The fourth-order valence-electron chi connectivity index (χ4n) is 0.903. The normalized spacial score (nSPS) is 10.4. The van der Waals surface area contributed by atoms with Crippen molar-refractivity contribution in [1.29, 1.82) is 0 Å². The van der Waals surface area contributed by atoms with Gasteiger partial charge in [-0.25, -0.2) is 8.42 Å². The molecule has 0 spiro atoms. The first-order chi connectivity index (χ1) is 7.28. The fourth-order valence-corrected chi connectivity index (χ4v) is 1.69. The Labute approximate surface area is 101 Å². The van der Waals surface area contributed by atoms with Crippen molar-refractivity contribution in [2.75, 3.05) is 6.26 Å². The van der Waals surface area contributed by atoms with Crippen molar-refractivity contribution in [2.24, 2.45) is 0 Å². The molecule has 0 aromatic heterocycles. The molecule has 84 valence electrons. The molecule has 0 saturated heterocycles. The Morgan fingerprint density at radius 1 is 1.38 bits per heavy atom. The standard InChI is InChI=1S/C9H6BrNO4S/c1-16(14,15)3-2-7-4-8(10)6-9(5-7)11(12)13/h4-6H,1H3. The van der Waals surface area contributed by atoms with Crippen LogP contribution in [0.3, 0.4) is 0 Å². The monoisotopic (exact) mass is 303 g/mol. The molecular weight excluding hydrogens is 298 g/mol. The van der Waals surface area contributed by atoms with Crippen LogP contribution in [-0.4, -0.2) is 19.6 Å². The van der Waals surface area contributed by atoms with E-state index in [1.165, 1.54) is 18.2 Å². The molecule has 0 saturated carbocycles. The molecule has 0 unspecified atom stereocenters. The number of nitro groups is 1. The SMILES string of the molecule is CS(=O)(=O)C#Cc1cc(Br)cc([N+](=O)[O-])c1. The van der Waals surface area contributed by atoms with E-state index in [0.717, 1.165) is 6.26 Å². The van der Waals surface area contributed by atoms with Gasteiger partial charge in [0.1, 0.15) is 0 Å². The molecule has 0 radical (unpaired) electrons. The molecule has 0 aliphatic heterocycles. The van der Waals surface area contributed by atoms with E-state index in [1.807, 2.05) is 5.25 Å². The second-order valence-corrected chi connectivity index (χ2v) is 5.62. The average molecular weight is 304 g/mol. The van der Waals surface area contributed by atoms with E-state index in [-0.39, 0.29) is 11.3 Å². The second kappa shape index (κ2) is 4.63. The number of hydrogen-bond donors (Lipinski definition) is 0. The van der Waals surface area contributed by atoms with Gasteiger partial charge in [0, 0.05) is 27.4 Å². The summed E-state index contributed by atoms with van der Waals surface area (Å²) >= 11 is 3.08. The minimum absolute atomic E-state index is 0.146. The maximum Gasteiger partial charge on any atom is 0.271 e. The summed E-state index contributed by atoms with van der Waals surface area (Å²) in [6, 6.07) is 4.03. The highest BCUT2D eigenvalue weighted by Gasteiger charge is 2.07. The van der Waals surface area contributed by atoms with Gasteiger partial charge in [-0.3, -0.25) is 10.1 Å². The van der Waals surface area contributed by atoms with E-state index < -0.39 is 14.8 Å². The number of rotatable bonds is 1. The third kappa shape index (κ3) is 4.00. The van der Waals surface area contributed by atoms with Crippen molar-refractivity contribution in [3.63, 3.8) is 0 Å². The first kappa shape index (κ1) is 12.7. The van der Waals surface area contributed by atoms with Crippen LogP contribution >= 0.6 is 15.9 Å². The summed E-state index contributed by atoms with van der Waals surface area (Å²) in [5, 5.41) is 12.5. The molecule has 1 aromatic rings. The Bertz CT molecular complexity index is 598. The number of hydrogen-bond acceptors (Lipinski definition) is 4. The van der Waals surface area contributed by atoms with Crippen LogP contribution in [0.5, 0.6) is 0 Å². The van der Waals surface area contributed by atoms with E-state index in [2.05, 4.69) is 21.9 Å². The predicted octanol–water partition coefficient (Wildman–Crippen LogP) is 1.71. The summed E-state index contributed by atoms with van der Waals surface area (Å²) in [5.74, 6) is 2.35. The first-order valence-electron chi connectivity index (χ1n) is 3.96. The Kier molecular flexibility index (Phi) is 3.67. The Morgan fingerprint density at radius 2 is 2.00 bits per heavy atom. The number of benzene rings is 1. The zero-order valence-corrected chi connectivity index (χ0v) is 10.5. The lowest BCUT2D eigenvalue weighted by Gasteiger charge is -1.94. The number of sulfone groups is 1. The largest absolute Gasteiger partial charge is 0.271 e. The average Bonchev–Trinajstić information content (AvgIpc) is 2.13. The van der Waals surface area contributed by atoms with Gasteiger partial charge < -0.3 is 0 Å². The highest BCUT2D eigenvalue weighted by molar-refractivity contribution is 9.10. The minimum Gasteiger partial charge on any atom is -0.258 e. The summed E-state index contributed by atoms with van der Waals surface area (Å²) in [7, 11) is -3.41. The van der Waals surface area contributed by atoms with Gasteiger partial charge in [0.05, 0.1) is 11.2 Å². The molecule has 0 N–H and O–H groups in total. The second-order valence-electron chi connectivity index (χ2n) is 2.95. The van der Waals surface area contributed by atoms with Gasteiger partial charge in [-0.15, -0.1) is 0 Å². The number of non-ortho nitro benzene ring substituents is 1. The molecule has 0 amide bonds. The van der Waals surface area contributed by atoms with E-state index >= 15 is 0 Å². The fraction of sp³-hybridized carbons (Fsp3) is 0.111. The maximum absolute atomic E-state index is 10.8. The van der Waals surface area contributed by atoms with Gasteiger partial charge in [0.25, 0.3) is 5.69 Å². The zero-order valence-electron chi connectivity index (χ0n) is 8.10. The van der Waals surface area contributed by atoms with E-state index in [9.17, 15) is 18.5 Å². The van der Waals surface area contributed by atoms with Crippen molar-refractivity contribution in [3.8, 4) is 11.2 Å². The molecule has 0 fully saturated rings. The Balaban J connectivity index is 3.25. The van der Waals surface area contributed by atoms with Crippen molar-refractivity contribution < 1.29 is 13.3 Å². The molecular formula is C9H6BrNO4S. The molecule has 0 atom stereocenters. The van der Waals surface area contributed by atoms with Crippen molar-refractivity contribution >= 4 is 31.5 Å². The molecule has 5 nitrogen and oxygen atoms in total. The van der Waals surface area contributed by atoms with Crippen LogP contribution in [0, 0.1) is 21.3 Å². The Morgan fingerprint density at radius 3 is 2.50 bits per heavy atom. The van der Waals surface area contributed by atoms with Crippen LogP contribution in [0.15, 0.2) is 22.7 Å². The summed E-state index contributed by atoms with van der Waals surface area (Å²) < 4.78 is 22.0. The molecule has 0 bridgehead atoms. The number of nitrogens with zero attached hydrogens (tertiary/aromatic N) is 1. The van der Waals surface area contributed by atoms with E-state index in [4.69, 9.17) is 0 Å². The smallest absolute Gasteiger partial charge is 0.258 e. The maximum atomic E-state index is 10.8. The van der Waals surface area contributed by atoms with Crippen LogP contribution in [0.25, 0.3) is 0 Å². The van der Waals surface area contributed by atoms with E-state index in [0.29, 0.717) is 4.47 Å². The lowest BCUT2D eigenvalue weighted by Crippen LogP contribution is -1.91. The highest BCUT2D eigenvalue weighted by atomic mass is 79.9. The van der Waals surface area contributed by atoms with Crippen molar-refractivity contribution in [2.45, 2.75) is 0 Å². The molecule has 1 rings (SSSR count). The zero-order chi connectivity index (χ0) is 12.3. The molecule has 1 aromatic carbocycles. The highest BCUT2D eigenvalue weighted by Crippen LogP contribution is 2.20. The summed E-state index contributed by atoms with van der Waals surface area (Å²) in [6.45, 7) is 0. The van der Waals surface area contributed by atoms with Crippen molar-refractivity contribution in [3.05, 3.63) is 38.3 Å². The van der Waals surface area contributed by atoms with Gasteiger partial charge in [0.15, 0.2) is 0 Å². The summed E-state index contributed by atoms with van der Waals surface area (Å²) in [4.78, 5) is 9.95. The third-order valence-electron chi connectivity index (χ3n) is 1.47. The molecule has 16 heavy (non-hydrogen) atoms. The minimum atomic E-state index is -3.41. The van der Waals surface area contributed by atoms with Crippen LogP contribution in [-0.2, 0) is 9.84 Å². The van der Waals surface area contributed by atoms with Crippen LogP contribution in [0.1, 0.15) is 5.56 Å². The molecule has 0 aliphatic rings. The van der Waals surface area contributed by atoms with E-state index in [1.54, 1.807) is 0 Å². The summed E-state index contributed by atoms with van der Waals surface area (Å²) in [6.07, 6.45) is 0.965.